The summed E-state index contributed by atoms with van der Waals surface area (Å²) in [6.07, 6.45) is 4.97. The molecule has 2 heterocycles. The van der Waals surface area contributed by atoms with Crippen LogP contribution in [-0.4, -0.2) is 58.5 Å². The number of aliphatic hydroxyl groups is 1. The summed E-state index contributed by atoms with van der Waals surface area (Å²) in [7, 11) is 0. The average Bonchev–Trinajstić information content (AvgIpc) is 2.70. The van der Waals surface area contributed by atoms with Gasteiger partial charge in [0.15, 0.2) is 0 Å². The highest BCUT2D eigenvalue weighted by atomic mass is 19.1. The Balaban J connectivity index is 1.44. The molecule has 0 atom stereocenters. The van der Waals surface area contributed by atoms with Crippen molar-refractivity contribution in [3.63, 3.8) is 0 Å². The maximum atomic E-state index is 13.0. The van der Waals surface area contributed by atoms with Crippen molar-refractivity contribution in [1.82, 2.24) is 9.80 Å². The summed E-state index contributed by atoms with van der Waals surface area (Å²) in [4.78, 5) is 27.8. The van der Waals surface area contributed by atoms with E-state index in [1.54, 1.807) is 4.90 Å². The van der Waals surface area contributed by atoms with Crippen LogP contribution in [0, 0.1) is 11.7 Å². The Morgan fingerprint density at radius 1 is 1.11 bits per heavy atom. The molecule has 0 aromatic heterocycles. The van der Waals surface area contributed by atoms with Gasteiger partial charge in [0, 0.05) is 26.2 Å². The molecule has 0 saturated carbocycles. The van der Waals surface area contributed by atoms with Gasteiger partial charge in [0.2, 0.25) is 11.8 Å². The van der Waals surface area contributed by atoms with Gasteiger partial charge >= 0.3 is 0 Å². The standard InChI is InChI=1S/C22H29FN2O3/c1-2-20(26)25-13-9-22(28,10-14-25)16-21(27)24-11-7-18(8-12-24)15-17-3-5-19(23)6-4-17/h2-6,18,28H,1,7-16H2. The number of halogens is 1. The fraction of sp³-hybridized carbons (Fsp3) is 0.545. The molecule has 28 heavy (non-hydrogen) atoms. The van der Waals surface area contributed by atoms with Crippen LogP contribution in [0.1, 0.15) is 37.7 Å². The molecule has 1 aromatic carbocycles. The molecule has 2 aliphatic heterocycles. The van der Waals surface area contributed by atoms with E-state index in [0.717, 1.165) is 24.8 Å². The van der Waals surface area contributed by atoms with Crippen molar-refractivity contribution in [3.8, 4) is 0 Å². The Kier molecular flexibility index (Phi) is 6.50. The number of hydrogen-bond acceptors (Lipinski definition) is 3. The Bertz CT molecular complexity index is 703. The van der Waals surface area contributed by atoms with Gasteiger partial charge in [-0.3, -0.25) is 9.59 Å². The molecule has 6 heteroatoms. The summed E-state index contributed by atoms with van der Waals surface area (Å²) < 4.78 is 13.0. The van der Waals surface area contributed by atoms with Crippen molar-refractivity contribution in [2.75, 3.05) is 26.2 Å². The van der Waals surface area contributed by atoms with Crippen LogP contribution in [0.15, 0.2) is 36.9 Å². The largest absolute Gasteiger partial charge is 0.389 e. The zero-order valence-electron chi connectivity index (χ0n) is 16.3. The van der Waals surface area contributed by atoms with E-state index in [4.69, 9.17) is 0 Å². The molecule has 0 unspecified atom stereocenters. The minimum Gasteiger partial charge on any atom is -0.389 e. The summed E-state index contributed by atoms with van der Waals surface area (Å²) in [6, 6.07) is 6.63. The Morgan fingerprint density at radius 2 is 1.71 bits per heavy atom. The summed E-state index contributed by atoms with van der Waals surface area (Å²) in [5.41, 5.74) is 0.0984. The lowest BCUT2D eigenvalue weighted by molar-refractivity contribution is -0.141. The van der Waals surface area contributed by atoms with Gasteiger partial charge < -0.3 is 14.9 Å². The Labute approximate surface area is 165 Å². The van der Waals surface area contributed by atoms with E-state index in [2.05, 4.69) is 6.58 Å². The normalized spacial score (nSPS) is 20.1. The number of hydrogen-bond donors (Lipinski definition) is 1. The lowest BCUT2D eigenvalue weighted by Crippen LogP contribution is -2.49. The average molecular weight is 388 g/mol. The van der Waals surface area contributed by atoms with E-state index in [0.29, 0.717) is 44.9 Å². The number of nitrogens with zero attached hydrogens (tertiary/aromatic N) is 2. The summed E-state index contributed by atoms with van der Waals surface area (Å²) in [5, 5.41) is 10.8. The molecule has 1 aromatic rings. The second kappa shape index (κ2) is 8.86. The quantitative estimate of drug-likeness (QED) is 0.789. The van der Waals surface area contributed by atoms with Crippen LogP contribution in [0.5, 0.6) is 0 Å². The first-order valence-electron chi connectivity index (χ1n) is 10.0. The number of likely N-dealkylation sites (tertiary alicyclic amines) is 2. The van der Waals surface area contributed by atoms with Crippen LogP contribution in [-0.2, 0) is 16.0 Å². The highest BCUT2D eigenvalue weighted by molar-refractivity contribution is 5.87. The van der Waals surface area contributed by atoms with Crippen LogP contribution in [0.25, 0.3) is 0 Å². The van der Waals surface area contributed by atoms with Crippen LogP contribution in [0.3, 0.4) is 0 Å². The van der Waals surface area contributed by atoms with Gasteiger partial charge in [0.05, 0.1) is 12.0 Å². The van der Waals surface area contributed by atoms with E-state index < -0.39 is 5.60 Å². The molecule has 5 nitrogen and oxygen atoms in total. The third kappa shape index (κ3) is 5.19. The van der Waals surface area contributed by atoms with Gasteiger partial charge in [-0.15, -0.1) is 0 Å². The third-order valence-electron chi connectivity index (χ3n) is 6.07. The number of rotatable bonds is 5. The van der Waals surface area contributed by atoms with Crippen molar-refractivity contribution < 1.29 is 19.1 Å². The van der Waals surface area contributed by atoms with Crippen LogP contribution < -0.4 is 0 Å². The SMILES string of the molecule is C=CC(=O)N1CCC(O)(CC(=O)N2CCC(Cc3ccc(F)cc3)CC2)CC1. The number of piperidine rings is 2. The molecule has 2 fully saturated rings. The Morgan fingerprint density at radius 3 is 2.29 bits per heavy atom. The van der Waals surface area contributed by atoms with E-state index in [1.807, 2.05) is 17.0 Å². The van der Waals surface area contributed by atoms with E-state index in [1.165, 1.54) is 18.2 Å². The second-order valence-electron chi connectivity index (χ2n) is 8.09. The molecular formula is C22H29FN2O3. The molecule has 2 aliphatic rings. The molecule has 0 radical (unpaired) electrons. The van der Waals surface area contributed by atoms with Crippen LogP contribution in [0.2, 0.25) is 0 Å². The first-order valence-corrected chi connectivity index (χ1v) is 10.0. The summed E-state index contributed by atoms with van der Waals surface area (Å²) >= 11 is 0. The minimum atomic E-state index is -1.03. The third-order valence-corrected chi connectivity index (χ3v) is 6.07. The molecule has 2 amide bonds. The maximum absolute atomic E-state index is 13.0. The van der Waals surface area contributed by atoms with Gasteiger partial charge in [0.25, 0.3) is 0 Å². The number of amides is 2. The molecule has 3 rings (SSSR count). The predicted octanol–water partition coefficient (Wildman–Crippen LogP) is 2.54. The fourth-order valence-electron chi connectivity index (χ4n) is 4.18. The van der Waals surface area contributed by atoms with E-state index >= 15 is 0 Å². The smallest absolute Gasteiger partial charge is 0.245 e. The van der Waals surface area contributed by atoms with Crippen LogP contribution >= 0.6 is 0 Å². The highest BCUT2D eigenvalue weighted by Crippen LogP contribution is 2.28. The number of benzene rings is 1. The fourth-order valence-corrected chi connectivity index (χ4v) is 4.18. The molecule has 2 saturated heterocycles. The van der Waals surface area contributed by atoms with Crippen LogP contribution in [0.4, 0.5) is 4.39 Å². The van der Waals surface area contributed by atoms with Crippen molar-refractivity contribution in [2.45, 2.75) is 44.1 Å². The Hall–Kier alpha value is -2.21. The van der Waals surface area contributed by atoms with E-state index in [9.17, 15) is 19.1 Å². The number of carbonyl (C=O) groups excluding carboxylic acids is 2. The van der Waals surface area contributed by atoms with Crippen molar-refractivity contribution in [3.05, 3.63) is 48.3 Å². The molecule has 0 spiro atoms. The summed E-state index contributed by atoms with van der Waals surface area (Å²) in [6.45, 7) is 5.78. The second-order valence-corrected chi connectivity index (χ2v) is 8.09. The van der Waals surface area contributed by atoms with Gasteiger partial charge in [-0.05, 0) is 61.8 Å². The zero-order valence-corrected chi connectivity index (χ0v) is 16.3. The highest BCUT2D eigenvalue weighted by Gasteiger charge is 2.37. The first-order chi connectivity index (χ1) is 13.4. The molecule has 1 N–H and O–H groups in total. The van der Waals surface area contributed by atoms with Gasteiger partial charge in [-0.2, -0.15) is 0 Å². The van der Waals surface area contributed by atoms with Gasteiger partial charge in [-0.25, -0.2) is 4.39 Å². The van der Waals surface area contributed by atoms with Gasteiger partial charge in [0.1, 0.15) is 5.82 Å². The lowest BCUT2D eigenvalue weighted by Gasteiger charge is -2.39. The number of carbonyl (C=O) groups is 2. The van der Waals surface area contributed by atoms with E-state index in [-0.39, 0.29) is 24.1 Å². The van der Waals surface area contributed by atoms with Gasteiger partial charge in [-0.1, -0.05) is 18.7 Å². The predicted molar refractivity (Wildman–Crippen MR) is 105 cm³/mol. The van der Waals surface area contributed by atoms with Crippen molar-refractivity contribution >= 4 is 11.8 Å². The molecule has 0 bridgehead atoms. The monoisotopic (exact) mass is 388 g/mol. The van der Waals surface area contributed by atoms with Crippen molar-refractivity contribution in [2.24, 2.45) is 5.92 Å². The zero-order chi connectivity index (χ0) is 20.1. The minimum absolute atomic E-state index is 0.00812. The topological polar surface area (TPSA) is 60.9 Å². The molecule has 152 valence electrons. The van der Waals surface area contributed by atoms with Crippen molar-refractivity contribution in [1.29, 1.82) is 0 Å². The molecular weight excluding hydrogens is 359 g/mol. The maximum Gasteiger partial charge on any atom is 0.245 e. The summed E-state index contributed by atoms with van der Waals surface area (Å²) in [5.74, 6) is 0.135. The molecule has 0 aliphatic carbocycles. The first kappa shape index (κ1) is 20.5. The lowest BCUT2D eigenvalue weighted by atomic mass is 9.86.